The van der Waals surface area contributed by atoms with Gasteiger partial charge >= 0.3 is 6.03 Å². The number of aryl methyl sites for hydroxylation is 1. The van der Waals surface area contributed by atoms with Gasteiger partial charge in [0.25, 0.3) is 0 Å². The van der Waals surface area contributed by atoms with Crippen molar-refractivity contribution in [3.8, 4) is 5.75 Å². The van der Waals surface area contributed by atoms with E-state index in [1.54, 1.807) is 7.11 Å². The Morgan fingerprint density at radius 2 is 1.73 bits per heavy atom. The number of hydrogen-bond donors (Lipinski definition) is 2. The average molecular weight is 298 g/mol. The molecule has 0 heterocycles. The zero-order chi connectivity index (χ0) is 15.6. The summed E-state index contributed by atoms with van der Waals surface area (Å²) in [7, 11) is 1.67. The number of amides is 2. The topological polar surface area (TPSA) is 50.4 Å². The van der Waals surface area contributed by atoms with Crippen molar-refractivity contribution in [1.29, 1.82) is 0 Å². The van der Waals surface area contributed by atoms with Crippen molar-refractivity contribution in [1.82, 2.24) is 5.32 Å². The van der Waals surface area contributed by atoms with Gasteiger partial charge in [-0.25, -0.2) is 4.79 Å². The third kappa shape index (κ3) is 5.48. The third-order valence-electron chi connectivity index (χ3n) is 3.37. The molecular formula is C18H22N2O2. The fourth-order valence-electron chi connectivity index (χ4n) is 2.15. The smallest absolute Gasteiger partial charge is 0.319 e. The van der Waals surface area contributed by atoms with Crippen molar-refractivity contribution in [2.45, 2.75) is 19.3 Å². The number of nitrogens with one attached hydrogen (secondary N) is 2. The van der Waals surface area contributed by atoms with Gasteiger partial charge in [-0.15, -0.1) is 0 Å². The van der Waals surface area contributed by atoms with Crippen LogP contribution in [0.25, 0.3) is 0 Å². The first-order chi connectivity index (χ1) is 10.8. The number of ether oxygens (including phenoxy) is 1. The Morgan fingerprint density at radius 3 is 2.41 bits per heavy atom. The number of carbonyl (C=O) groups excluding carboxylic acids is 1. The standard InChI is InChI=1S/C18H22N2O2/c1-22-17-12-10-15(11-13-17)7-5-6-14-19-18(21)20-16-8-3-2-4-9-16/h2-4,8-13H,5-7,14H2,1H3,(H2,19,20,21). The zero-order valence-electron chi connectivity index (χ0n) is 12.8. The number of para-hydroxylation sites is 1. The molecule has 4 heteroatoms. The number of anilines is 1. The second-order valence-corrected chi connectivity index (χ2v) is 5.05. The largest absolute Gasteiger partial charge is 0.497 e. The number of hydrogen-bond acceptors (Lipinski definition) is 2. The van der Waals surface area contributed by atoms with Gasteiger partial charge in [0.05, 0.1) is 7.11 Å². The molecule has 22 heavy (non-hydrogen) atoms. The molecule has 116 valence electrons. The molecule has 0 aliphatic rings. The van der Waals surface area contributed by atoms with Gasteiger partial charge in [0.1, 0.15) is 5.75 Å². The molecule has 0 aliphatic heterocycles. The van der Waals surface area contributed by atoms with Gasteiger partial charge in [0, 0.05) is 12.2 Å². The lowest BCUT2D eigenvalue weighted by atomic mass is 10.1. The minimum Gasteiger partial charge on any atom is -0.497 e. The Hall–Kier alpha value is -2.49. The van der Waals surface area contributed by atoms with Crippen molar-refractivity contribution < 1.29 is 9.53 Å². The predicted octanol–water partition coefficient (Wildman–Crippen LogP) is 3.84. The predicted molar refractivity (Wildman–Crippen MR) is 89.4 cm³/mol. The van der Waals surface area contributed by atoms with Crippen molar-refractivity contribution in [2.24, 2.45) is 0 Å². The SMILES string of the molecule is COc1ccc(CCCCNC(=O)Nc2ccccc2)cc1. The lowest BCUT2D eigenvalue weighted by molar-refractivity contribution is 0.252. The number of rotatable bonds is 7. The Labute approximate surface area is 131 Å². The van der Waals surface area contributed by atoms with Crippen LogP contribution in [0.4, 0.5) is 10.5 Å². The van der Waals surface area contributed by atoms with Gasteiger partial charge in [-0.1, -0.05) is 30.3 Å². The fourth-order valence-corrected chi connectivity index (χ4v) is 2.15. The number of urea groups is 1. The van der Waals surface area contributed by atoms with Gasteiger partial charge < -0.3 is 15.4 Å². The molecular weight excluding hydrogens is 276 g/mol. The molecule has 0 saturated carbocycles. The van der Waals surface area contributed by atoms with E-state index < -0.39 is 0 Å². The molecule has 0 unspecified atom stereocenters. The molecule has 0 radical (unpaired) electrons. The van der Waals surface area contributed by atoms with E-state index in [2.05, 4.69) is 22.8 Å². The van der Waals surface area contributed by atoms with Crippen LogP contribution in [0.3, 0.4) is 0 Å². The first kappa shape index (κ1) is 15.9. The molecule has 4 nitrogen and oxygen atoms in total. The number of benzene rings is 2. The van der Waals surface area contributed by atoms with E-state index in [4.69, 9.17) is 4.74 Å². The van der Waals surface area contributed by atoms with Crippen molar-refractivity contribution >= 4 is 11.7 Å². The van der Waals surface area contributed by atoms with E-state index in [1.165, 1.54) is 5.56 Å². The second-order valence-electron chi connectivity index (χ2n) is 5.05. The molecule has 2 aromatic carbocycles. The van der Waals surface area contributed by atoms with E-state index in [0.29, 0.717) is 6.54 Å². The molecule has 0 aliphatic carbocycles. The van der Waals surface area contributed by atoms with E-state index in [-0.39, 0.29) is 6.03 Å². The maximum atomic E-state index is 11.7. The zero-order valence-corrected chi connectivity index (χ0v) is 12.8. The Kier molecular flexibility index (Phi) is 6.30. The van der Waals surface area contributed by atoms with E-state index >= 15 is 0 Å². The Balaban J connectivity index is 1.59. The van der Waals surface area contributed by atoms with Gasteiger partial charge in [-0.3, -0.25) is 0 Å². The summed E-state index contributed by atoms with van der Waals surface area (Å²) < 4.78 is 5.13. The molecule has 2 aromatic rings. The van der Waals surface area contributed by atoms with Crippen LogP contribution in [-0.4, -0.2) is 19.7 Å². The number of carbonyl (C=O) groups is 1. The van der Waals surface area contributed by atoms with Gasteiger partial charge in [-0.05, 0) is 49.1 Å². The maximum Gasteiger partial charge on any atom is 0.319 e. The van der Waals surface area contributed by atoms with E-state index in [9.17, 15) is 4.79 Å². The summed E-state index contributed by atoms with van der Waals surface area (Å²) in [5.41, 5.74) is 2.09. The lowest BCUT2D eigenvalue weighted by Gasteiger charge is -2.07. The van der Waals surface area contributed by atoms with Crippen LogP contribution < -0.4 is 15.4 Å². The minimum absolute atomic E-state index is 0.157. The van der Waals surface area contributed by atoms with Gasteiger partial charge in [0.15, 0.2) is 0 Å². The number of methoxy groups -OCH3 is 1. The highest BCUT2D eigenvalue weighted by molar-refractivity contribution is 5.89. The van der Waals surface area contributed by atoms with Crippen LogP contribution in [0.1, 0.15) is 18.4 Å². The van der Waals surface area contributed by atoms with Crippen LogP contribution in [-0.2, 0) is 6.42 Å². The molecule has 0 aromatic heterocycles. The molecule has 0 fully saturated rings. The summed E-state index contributed by atoms with van der Waals surface area (Å²) in [5, 5.41) is 5.66. The lowest BCUT2D eigenvalue weighted by Crippen LogP contribution is -2.29. The molecule has 0 saturated heterocycles. The summed E-state index contributed by atoms with van der Waals surface area (Å²) in [4.78, 5) is 11.7. The van der Waals surface area contributed by atoms with Crippen LogP contribution in [0.5, 0.6) is 5.75 Å². The highest BCUT2D eigenvalue weighted by atomic mass is 16.5. The highest BCUT2D eigenvalue weighted by Crippen LogP contribution is 2.13. The highest BCUT2D eigenvalue weighted by Gasteiger charge is 2.00. The molecule has 2 amide bonds. The summed E-state index contributed by atoms with van der Waals surface area (Å²) in [6.07, 6.45) is 3.00. The Bertz CT molecular complexity index is 567. The Morgan fingerprint density at radius 1 is 1.00 bits per heavy atom. The van der Waals surface area contributed by atoms with Crippen molar-refractivity contribution in [3.63, 3.8) is 0 Å². The van der Waals surface area contributed by atoms with Crippen LogP contribution >= 0.6 is 0 Å². The van der Waals surface area contributed by atoms with Crippen molar-refractivity contribution in [3.05, 3.63) is 60.2 Å². The fraction of sp³-hybridized carbons (Fsp3) is 0.278. The maximum absolute atomic E-state index is 11.7. The summed E-state index contributed by atoms with van der Waals surface area (Å²) in [6.45, 7) is 0.675. The van der Waals surface area contributed by atoms with Crippen molar-refractivity contribution in [2.75, 3.05) is 19.0 Å². The summed E-state index contributed by atoms with van der Waals surface area (Å²) >= 11 is 0. The molecule has 0 bridgehead atoms. The van der Waals surface area contributed by atoms with Crippen LogP contribution in [0.15, 0.2) is 54.6 Å². The number of unbranched alkanes of at least 4 members (excludes halogenated alkanes) is 1. The van der Waals surface area contributed by atoms with E-state index in [0.717, 1.165) is 30.7 Å². The molecule has 2 rings (SSSR count). The van der Waals surface area contributed by atoms with E-state index in [1.807, 2.05) is 42.5 Å². The summed E-state index contributed by atoms with van der Waals surface area (Å²) in [5.74, 6) is 0.878. The summed E-state index contributed by atoms with van der Waals surface area (Å²) in [6, 6.07) is 17.4. The minimum atomic E-state index is -0.157. The quantitative estimate of drug-likeness (QED) is 0.763. The second kappa shape index (κ2) is 8.72. The van der Waals surface area contributed by atoms with Crippen LogP contribution in [0.2, 0.25) is 0 Å². The molecule has 0 spiro atoms. The first-order valence-corrected chi connectivity index (χ1v) is 7.51. The molecule has 2 N–H and O–H groups in total. The van der Waals surface area contributed by atoms with Crippen LogP contribution in [0, 0.1) is 0 Å². The average Bonchev–Trinajstić information content (AvgIpc) is 2.56. The monoisotopic (exact) mass is 298 g/mol. The van der Waals surface area contributed by atoms with Gasteiger partial charge in [-0.2, -0.15) is 0 Å². The van der Waals surface area contributed by atoms with Gasteiger partial charge in [0.2, 0.25) is 0 Å². The molecule has 0 atom stereocenters. The first-order valence-electron chi connectivity index (χ1n) is 7.51. The normalized spacial score (nSPS) is 10.0. The third-order valence-corrected chi connectivity index (χ3v) is 3.37.